The number of carbonyl (C=O) groups is 1. The Balaban J connectivity index is 1.95. The zero-order valence-electron chi connectivity index (χ0n) is 12.7. The van der Waals surface area contributed by atoms with Gasteiger partial charge in [-0.3, -0.25) is 4.79 Å². The average Bonchev–Trinajstić information content (AvgIpc) is 2.86. The third-order valence-electron chi connectivity index (χ3n) is 3.34. The second-order valence-corrected chi connectivity index (χ2v) is 6.21. The number of hydrogen-bond donors (Lipinski definition) is 1. The van der Waals surface area contributed by atoms with E-state index in [0.717, 1.165) is 40.5 Å². The van der Waals surface area contributed by atoms with E-state index in [1.54, 1.807) is 11.3 Å². The van der Waals surface area contributed by atoms with Crippen LogP contribution in [0.15, 0.2) is 30.3 Å². The van der Waals surface area contributed by atoms with Crippen LogP contribution >= 0.6 is 11.3 Å². The van der Waals surface area contributed by atoms with Crippen LogP contribution in [0.3, 0.4) is 0 Å². The first kappa shape index (κ1) is 15.7. The molecule has 4 heteroatoms. The third-order valence-corrected chi connectivity index (χ3v) is 4.54. The minimum absolute atomic E-state index is 0.0949. The first-order valence-corrected chi connectivity index (χ1v) is 8.30. The smallest absolute Gasteiger partial charge is 0.225 e. The highest BCUT2D eigenvalue weighted by atomic mass is 32.1. The zero-order valence-corrected chi connectivity index (χ0v) is 13.5. The molecular formula is C17H22N2OS. The molecule has 1 aromatic carbocycles. The minimum Gasteiger partial charge on any atom is -0.356 e. The van der Waals surface area contributed by atoms with Gasteiger partial charge in [-0.25, -0.2) is 4.98 Å². The van der Waals surface area contributed by atoms with E-state index in [1.165, 1.54) is 6.42 Å². The molecule has 0 saturated carbocycles. The third kappa shape index (κ3) is 4.67. The molecule has 2 rings (SSSR count). The largest absolute Gasteiger partial charge is 0.356 e. The van der Waals surface area contributed by atoms with Crippen molar-refractivity contribution in [3.05, 3.63) is 40.9 Å². The summed E-state index contributed by atoms with van der Waals surface area (Å²) in [6.45, 7) is 4.91. The molecule has 0 fully saturated rings. The van der Waals surface area contributed by atoms with Crippen LogP contribution in [-0.4, -0.2) is 17.4 Å². The topological polar surface area (TPSA) is 42.0 Å². The molecule has 1 heterocycles. The van der Waals surface area contributed by atoms with E-state index in [1.807, 2.05) is 37.3 Å². The second-order valence-electron chi connectivity index (χ2n) is 5.13. The Morgan fingerprint density at radius 2 is 2.00 bits per heavy atom. The van der Waals surface area contributed by atoms with E-state index < -0.39 is 0 Å². The van der Waals surface area contributed by atoms with Gasteiger partial charge < -0.3 is 5.32 Å². The van der Waals surface area contributed by atoms with E-state index in [0.29, 0.717) is 6.42 Å². The van der Waals surface area contributed by atoms with E-state index in [2.05, 4.69) is 17.2 Å². The summed E-state index contributed by atoms with van der Waals surface area (Å²) in [4.78, 5) is 17.6. The Kier molecular flexibility index (Phi) is 5.93. The summed E-state index contributed by atoms with van der Waals surface area (Å²) in [6.07, 6.45) is 3.82. The standard InChI is InChI=1S/C17H22N2OS/c1-3-4-8-11-18-16(20)12-15-13(2)19-17(21-15)14-9-6-5-7-10-14/h5-7,9-10H,3-4,8,11-12H2,1-2H3,(H,18,20). The molecule has 0 bridgehead atoms. The SMILES string of the molecule is CCCCCNC(=O)Cc1sc(-c2ccccc2)nc1C. The molecule has 0 saturated heterocycles. The van der Waals surface area contributed by atoms with Crippen LogP contribution in [0.5, 0.6) is 0 Å². The van der Waals surface area contributed by atoms with Crippen LogP contribution in [0, 0.1) is 6.92 Å². The lowest BCUT2D eigenvalue weighted by Gasteiger charge is -2.03. The van der Waals surface area contributed by atoms with Crippen molar-refractivity contribution >= 4 is 17.2 Å². The van der Waals surface area contributed by atoms with Crippen molar-refractivity contribution in [1.29, 1.82) is 0 Å². The normalized spacial score (nSPS) is 10.6. The fourth-order valence-electron chi connectivity index (χ4n) is 2.11. The van der Waals surface area contributed by atoms with Gasteiger partial charge in [-0.05, 0) is 13.3 Å². The first-order chi connectivity index (χ1) is 10.2. The quantitative estimate of drug-likeness (QED) is 0.786. The van der Waals surface area contributed by atoms with Crippen molar-refractivity contribution in [2.45, 2.75) is 39.5 Å². The van der Waals surface area contributed by atoms with Crippen molar-refractivity contribution in [3.8, 4) is 10.6 Å². The van der Waals surface area contributed by atoms with Crippen LogP contribution in [0.1, 0.15) is 36.8 Å². The fourth-order valence-corrected chi connectivity index (χ4v) is 3.17. The van der Waals surface area contributed by atoms with Crippen molar-refractivity contribution < 1.29 is 4.79 Å². The van der Waals surface area contributed by atoms with E-state index >= 15 is 0 Å². The highest BCUT2D eigenvalue weighted by Crippen LogP contribution is 2.27. The number of thiazole rings is 1. The number of amides is 1. The number of hydrogen-bond acceptors (Lipinski definition) is 3. The average molecular weight is 302 g/mol. The van der Waals surface area contributed by atoms with Gasteiger partial charge in [-0.2, -0.15) is 0 Å². The number of rotatable bonds is 7. The molecule has 0 aliphatic carbocycles. The Labute approximate surface area is 130 Å². The van der Waals surface area contributed by atoms with Gasteiger partial charge in [0.1, 0.15) is 5.01 Å². The van der Waals surface area contributed by atoms with Crippen LogP contribution in [-0.2, 0) is 11.2 Å². The number of benzene rings is 1. The predicted molar refractivity (Wildman–Crippen MR) is 88.5 cm³/mol. The maximum atomic E-state index is 11.9. The van der Waals surface area contributed by atoms with Crippen LogP contribution in [0.2, 0.25) is 0 Å². The highest BCUT2D eigenvalue weighted by molar-refractivity contribution is 7.15. The number of aromatic nitrogens is 1. The maximum absolute atomic E-state index is 11.9. The fraction of sp³-hybridized carbons (Fsp3) is 0.412. The molecule has 21 heavy (non-hydrogen) atoms. The van der Waals surface area contributed by atoms with E-state index in [9.17, 15) is 4.79 Å². The summed E-state index contributed by atoms with van der Waals surface area (Å²) in [6, 6.07) is 10.1. The van der Waals surface area contributed by atoms with Gasteiger partial charge >= 0.3 is 0 Å². The maximum Gasteiger partial charge on any atom is 0.225 e. The molecule has 3 nitrogen and oxygen atoms in total. The second kappa shape index (κ2) is 7.93. The lowest BCUT2D eigenvalue weighted by Crippen LogP contribution is -2.25. The molecule has 112 valence electrons. The Hall–Kier alpha value is -1.68. The number of aryl methyl sites for hydroxylation is 1. The van der Waals surface area contributed by atoms with Crippen molar-refractivity contribution in [3.63, 3.8) is 0 Å². The number of unbranched alkanes of at least 4 members (excludes halogenated alkanes) is 2. The Morgan fingerprint density at radius 1 is 1.24 bits per heavy atom. The summed E-state index contributed by atoms with van der Waals surface area (Å²) in [7, 11) is 0. The lowest BCUT2D eigenvalue weighted by molar-refractivity contribution is -0.120. The molecule has 0 spiro atoms. The van der Waals surface area contributed by atoms with E-state index in [-0.39, 0.29) is 5.91 Å². The number of carbonyl (C=O) groups excluding carboxylic acids is 1. The van der Waals surface area contributed by atoms with Crippen molar-refractivity contribution in [2.24, 2.45) is 0 Å². The molecule has 1 aromatic heterocycles. The summed E-state index contributed by atoms with van der Waals surface area (Å²) < 4.78 is 0. The molecule has 0 atom stereocenters. The van der Waals surface area contributed by atoms with Crippen LogP contribution < -0.4 is 5.32 Å². The molecule has 0 aliphatic rings. The molecule has 0 aliphatic heterocycles. The van der Waals surface area contributed by atoms with Gasteiger partial charge in [0.25, 0.3) is 0 Å². The van der Waals surface area contributed by atoms with Gasteiger partial charge in [0.2, 0.25) is 5.91 Å². The molecule has 1 N–H and O–H groups in total. The first-order valence-electron chi connectivity index (χ1n) is 7.49. The highest BCUT2D eigenvalue weighted by Gasteiger charge is 2.12. The predicted octanol–water partition coefficient (Wildman–Crippen LogP) is 3.97. The Bertz CT molecular complexity index is 578. The van der Waals surface area contributed by atoms with E-state index in [4.69, 9.17) is 0 Å². The zero-order chi connectivity index (χ0) is 15.1. The Morgan fingerprint density at radius 3 is 2.71 bits per heavy atom. The summed E-state index contributed by atoms with van der Waals surface area (Å²) in [5.74, 6) is 0.0949. The minimum atomic E-state index is 0.0949. The number of nitrogens with one attached hydrogen (secondary N) is 1. The monoisotopic (exact) mass is 302 g/mol. The van der Waals surface area contributed by atoms with Crippen molar-refractivity contribution in [1.82, 2.24) is 10.3 Å². The van der Waals surface area contributed by atoms with Gasteiger partial charge in [0.15, 0.2) is 0 Å². The molecule has 0 unspecified atom stereocenters. The van der Waals surface area contributed by atoms with Gasteiger partial charge in [0.05, 0.1) is 12.1 Å². The summed E-state index contributed by atoms with van der Waals surface area (Å²) in [5.41, 5.74) is 2.07. The van der Waals surface area contributed by atoms with Crippen LogP contribution in [0.25, 0.3) is 10.6 Å². The molecule has 2 aromatic rings. The molecular weight excluding hydrogens is 280 g/mol. The molecule has 0 radical (unpaired) electrons. The van der Waals surface area contributed by atoms with Gasteiger partial charge in [-0.15, -0.1) is 11.3 Å². The molecule has 1 amide bonds. The van der Waals surface area contributed by atoms with Crippen LogP contribution in [0.4, 0.5) is 0 Å². The summed E-state index contributed by atoms with van der Waals surface area (Å²) in [5, 5.41) is 3.97. The van der Waals surface area contributed by atoms with Crippen molar-refractivity contribution in [2.75, 3.05) is 6.54 Å². The van der Waals surface area contributed by atoms with Gasteiger partial charge in [-0.1, -0.05) is 50.1 Å². The summed E-state index contributed by atoms with van der Waals surface area (Å²) >= 11 is 1.61. The van der Waals surface area contributed by atoms with Gasteiger partial charge in [0, 0.05) is 17.0 Å². The lowest BCUT2D eigenvalue weighted by atomic mass is 10.2. The number of nitrogens with zero attached hydrogens (tertiary/aromatic N) is 1.